The Morgan fingerprint density at radius 2 is 2.13 bits per heavy atom. The van der Waals surface area contributed by atoms with Gasteiger partial charge in [0.15, 0.2) is 10.5 Å². The van der Waals surface area contributed by atoms with E-state index < -0.39 is 21.9 Å². The SMILES string of the molecule is CC1(C)SC(=S)N(/N=C/c2cccnc2)C1N(O)C(=O)Nc1ccc([N+](=O)[O-])cc1. The van der Waals surface area contributed by atoms with Crippen molar-refractivity contribution < 1.29 is 14.9 Å². The van der Waals surface area contributed by atoms with E-state index in [-0.39, 0.29) is 5.69 Å². The van der Waals surface area contributed by atoms with Crippen LogP contribution < -0.4 is 5.32 Å². The van der Waals surface area contributed by atoms with E-state index in [0.29, 0.717) is 15.1 Å². The zero-order valence-corrected chi connectivity index (χ0v) is 17.6. The van der Waals surface area contributed by atoms with Crippen molar-refractivity contribution in [3.05, 3.63) is 64.5 Å². The number of pyridine rings is 1. The van der Waals surface area contributed by atoms with Crippen molar-refractivity contribution in [2.24, 2.45) is 5.10 Å². The summed E-state index contributed by atoms with van der Waals surface area (Å²) in [6, 6.07) is 8.01. The Bertz CT molecular complexity index is 984. The number of aromatic nitrogens is 1. The third kappa shape index (κ3) is 4.72. The van der Waals surface area contributed by atoms with Gasteiger partial charge >= 0.3 is 6.03 Å². The molecule has 10 nitrogen and oxygen atoms in total. The predicted molar refractivity (Wildman–Crippen MR) is 117 cm³/mol. The summed E-state index contributed by atoms with van der Waals surface area (Å²) in [5.74, 6) is 0. The number of hydrazone groups is 1. The number of hydrogen-bond donors (Lipinski definition) is 2. The largest absolute Gasteiger partial charge is 0.347 e. The summed E-state index contributed by atoms with van der Waals surface area (Å²) in [6.07, 6.45) is 3.91. The zero-order valence-electron chi connectivity index (χ0n) is 16.0. The molecule has 1 aromatic carbocycles. The molecule has 0 aliphatic carbocycles. The first-order chi connectivity index (χ1) is 14.2. The lowest BCUT2D eigenvalue weighted by Gasteiger charge is -2.34. The lowest BCUT2D eigenvalue weighted by atomic mass is 10.1. The number of rotatable bonds is 5. The third-order valence-electron chi connectivity index (χ3n) is 4.18. The van der Waals surface area contributed by atoms with Crippen molar-refractivity contribution in [1.82, 2.24) is 15.1 Å². The van der Waals surface area contributed by atoms with Crippen LogP contribution in [0.3, 0.4) is 0 Å². The number of carbonyl (C=O) groups excluding carboxylic acids is 1. The van der Waals surface area contributed by atoms with Crippen molar-refractivity contribution >= 4 is 51.9 Å². The van der Waals surface area contributed by atoms with Crippen molar-refractivity contribution in [3.8, 4) is 0 Å². The molecule has 1 unspecified atom stereocenters. The summed E-state index contributed by atoms with van der Waals surface area (Å²) in [5.41, 5.74) is 0.915. The second-order valence-corrected chi connectivity index (χ2v) is 9.09. The van der Waals surface area contributed by atoms with E-state index in [2.05, 4.69) is 15.4 Å². The van der Waals surface area contributed by atoms with E-state index in [1.165, 1.54) is 47.3 Å². The number of non-ortho nitro benzene ring substituents is 1. The van der Waals surface area contributed by atoms with Gasteiger partial charge in [-0.2, -0.15) is 10.2 Å². The monoisotopic (exact) mass is 446 g/mol. The molecule has 1 saturated heterocycles. The Hall–Kier alpha value is -3.09. The van der Waals surface area contributed by atoms with Gasteiger partial charge in [0.05, 0.1) is 15.9 Å². The van der Waals surface area contributed by atoms with E-state index in [0.717, 1.165) is 5.56 Å². The summed E-state index contributed by atoms with van der Waals surface area (Å²) < 4.78 is -0.266. The van der Waals surface area contributed by atoms with Crippen LogP contribution >= 0.6 is 24.0 Å². The minimum atomic E-state index is -0.888. The van der Waals surface area contributed by atoms with Crippen molar-refractivity contribution in [1.29, 1.82) is 0 Å². The smallest absolute Gasteiger partial charge is 0.306 e. The molecule has 12 heteroatoms. The maximum atomic E-state index is 12.6. The quantitative estimate of drug-likeness (QED) is 0.234. The van der Waals surface area contributed by atoms with Gasteiger partial charge in [0.25, 0.3) is 5.69 Å². The van der Waals surface area contributed by atoms with Gasteiger partial charge in [0.2, 0.25) is 0 Å². The highest BCUT2D eigenvalue weighted by molar-refractivity contribution is 8.24. The van der Waals surface area contributed by atoms with Crippen molar-refractivity contribution in [2.45, 2.75) is 24.8 Å². The topological polar surface area (TPSA) is 124 Å². The van der Waals surface area contributed by atoms with Gasteiger partial charge in [-0.25, -0.2) is 9.80 Å². The number of thiocarbonyl (C=S) groups is 1. The third-order valence-corrected chi connectivity index (χ3v) is 5.71. The van der Waals surface area contributed by atoms with Gasteiger partial charge in [-0.05, 0) is 32.0 Å². The molecule has 2 aromatic rings. The number of urea groups is 1. The van der Waals surface area contributed by atoms with Crippen LogP contribution in [-0.2, 0) is 0 Å². The molecule has 30 heavy (non-hydrogen) atoms. The molecular weight excluding hydrogens is 428 g/mol. The fraction of sp³-hybridized carbons (Fsp3) is 0.222. The molecule has 1 aliphatic heterocycles. The molecule has 156 valence electrons. The first-order valence-electron chi connectivity index (χ1n) is 8.69. The van der Waals surface area contributed by atoms with Crippen LogP contribution in [0.5, 0.6) is 0 Å². The molecule has 0 bridgehead atoms. The predicted octanol–water partition coefficient (Wildman–Crippen LogP) is 3.69. The summed E-state index contributed by atoms with van der Waals surface area (Å²) in [4.78, 5) is 26.8. The summed E-state index contributed by atoms with van der Waals surface area (Å²) >= 11 is 6.68. The van der Waals surface area contributed by atoms with Gasteiger partial charge in [-0.1, -0.05) is 30.0 Å². The van der Waals surface area contributed by atoms with Gasteiger partial charge in [-0.3, -0.25) is 20.3 Å². The van der Waals surface area contributed by atoms with Gasteiger partial charge < -0.3 is 5.32 Å². The Morgan fingerprint density at radius 3 is 2.73 bits per heavy atom. The number of thioether (sulfide) groups is 1. The van der Waals surface area contributed by atoms with Crippen LogP contribution in [0.15, 0.2) is 53.9 Å². The molecule has 1 fully saturated rings. The normalized spacial score (nSPS) is 17.9. The average Bonchev–Trinajstić information content (AvgIpc) is 2.94. The fourth-order valence-corrected chi connectivity index (χ4v) is 4.55. The number of nitro groups is 1. The van der Waals surface area contributed by atoms with Crippen LogP contribution in [0.2, 0.25) is 0 Å². The zero-order chi connectivity index (χ0) is 21.9. The van der Waals surface area contributed by atoms with Crippen molar-refractivity contribution in [3.63, 3.8) is 0 Å². The van der Waals surface area contributed by atoms with Crippen LogP contribution in [0.1, 0.15) is 19.4 Å². The highest BCUT2D eigenvalue weighted by Crippen LogP contribution is 2.42. The van der Waals surface area contributed by atoms with Crippen LogP contribution in [0.4, 0.5) is 16.2 Å². The number of hydroxylamine groups is 2. The molecule has 2 N–H and O–H groups in total. The number of carbonyl (C=O) groups is 1. The van der Waals surface area contributed by atoms with Crippen molar-refractivity contribution in [2.75, 3.05) is 5.32 Å². The highest BCUT2D eigenvalue weighted by atomic mass is 32.2. The molecule has 1 atom stereocenters. The molecule has 3 rings (SSSR count). The number of benzene rings is 1. The lowest BCUT2D eigenvalue weighted by Crippen LogP contribution is -2.54. The first-order valence-corrected chi connectivity index (χ1v) is 9.91. The van der Waals surface area contributed by atoms with E-state index in [1.54, 1.807) is 24.5 Å². The second-order valence-electron chi connectivity index (χ2n) is 6.80. The fourth-order valence-electron chi connectivity index (χ4n) is 2.77. The second kappa shape index (κ2) is 8.73. The minimum Gasteiger partial charge on any atom is -0.306 e. The van der Waals surface area contributed by atoms with Gasteiger partial charge in [-0.15, -0.1) is 0 Å². The lowest BCUT2D eigenvalue weighted by molar-refractivity contribution is -0.384. The highest BCUT2D eigenvalue weighted by Gasteiger charge is 2.50. The number of nitrogens with one attached hydrogen (secondary N) is 1. The number of anilines is 1. The number of hydrogen-bond acceptors (Lipinski definition) is 8. The molecule has 1 aliphatic rings. The van der Waals surface area contributed by atoms with E-state index >= 15 is 0 Å². The Balaban J connectivity index is 1.78. The van der Waals surface area contributed by atoms with Gasteiger partial charge in [0, 0.05) is 35.8 Å². The number of nitrogens with zero attached hydrogens (tertiary/aromatic N) is 5. The standard InChI is InChI=1S/C18H18N6O4S2/c1-18(2)15(22(17(29)30-18)20-11-12-4-3-9-19-10-12)23(26)16(25)21-13-5-7-14(8-6-13)24(27)28/h3-11,15,26H,1-2H3,(H,21,25)/b20-11+. The van der Waals surface area contributed by atoms with E-state index in [1.807, 2.05) is 13.8 Å². The van der Waals surface area contributed by atoms with E-state index in [9.17, 15) is 20.1 Å². The Kier molecular flexibility index (Phi) is 6.29. The van der Waals surface area contributed by atoms with Crippen LogP contribution in [0.25, 0.3) is 0 Å². The first kappa shape index (κ1) is 21.6. The van der Waals surface area contributed by atoms with E-state index in [4.69, 9.17) is 12.2 Å². The average molecular weight is 447 g/mol. The number of amides is 2. The van der Waals surface area contributed by atoms with Crippen LogP contribution in [-0.4, -0.2) is 52.7 Å². The maximum absolute atomic E-state index is 12.6. The minimum absolute atomic E-state index is 0.108. The molecular formula is C18H18N6O4S2. The molecule has 0 saturated carbocycles. The molecule has 0 spiro atoms. The Morgan fingerprint density at radius 1 is 1.43 bits per heavy atom. The summed E-state index contributed by atoms with van der Waals surface area (Å²) in [6.45, 7) is 3.66. The van der Waals surface area contributed by atoms with Crippen LogP contribution in [0, 0.1) is 10.1 Å². The molecule has 2 heterocycles. The Labute approximate surface area is 181 Å². The number of nitro benzene ring substituents is 1. The summed E-state index contributed by atoms with van der Waals surface area (Å²) in [7, 11) is 0. The molecule has 1 aromatic heterocycles. The van der Waals surface area contributed by atoms with Gasteiger partial charge in [0.1, 0.15) is 0 Å². The maximum Gasteiger partial charge on any atom is 0.347 e. The molecule has 0 radical (unpaired) electrons. The molecule has 2 amide bonds. The summed E-state index contributed by atoms with van der Waals surface area (Å²) in [5, 5.41) is 30.2.